The highest BCUT2D eigenvalue weighted by Gasteiger charge is 2.37. The fraction of sp³-hybridized carbons (Fsp3) is 0.667. The summed E-state index contributed by atoms with van der Waals surface area (Å²) in [5.74, 6) is 0.722. The highest BCUT2D eigenvalue weighted by atomic mass is 16.5. The zero-order valence-electron chi connectivity index (χ0n) is 11.4. The largest absolute Gasteiger partial charge is 0.376 e. The predicted molar refractivity (Wildman–Crippen MR) is 73.4 cm³/mol. The van der Waals surface area contributed by atoms with Crippen LogP contribution in [0.4, 0.5) is 0 Å². The molecule has 1 aliphatic carbocycles. The van der Waals surface area contributed by atoms with Crippen molar-refractivity contribution in [3.63, 3.8) is 0 Å². The van der Waals surface area contributed by atoms with Crippen LogP contribution in [0.2, 0.25) is 0 Å². The third kappa shape index (κ3) is 3.53. The number of ether oxygens (including phenoxy) is 1. The second-order valence-electron chi connectivity index (χ2n) is 4.98. The van der Waals surface area contributed by atoms with Gasteiger partial charge in [0.05, 0.1) is 12.1 Å². The van der Waals surface area contributed by atoms with Crippen LogP contribution in [0.5, 0.6) is 0 Å². The van der Waals surface area contributed by atoms with Gasteiger partial charge in [0.15, 0.2) is 0 Å². The summed E-state index contributed by atoms with van der Waals surface area (Å²) in [6, 6.07) is 4.44. The Morgan fingerprint density at radius 3 is 2.83 bits per heavy atom. The summed E-state index contributed by atoms with van der Waals surface area (Å²) < 4.78 is 5.99. The van der Waals surface area contributed by atoms with Crippen LogP contribution < -0.4 is 5.32 Å². The SMILES string of the molecule is CCCNC(c1cccnc1)C(OCC)C1CC1. The van der Waals surface area contributed by atoms with Crippen molar-refractivity contribution >= 4 is 0 Å². The standard InChI is InChI=1S/C15H24N2O/c1-3-9-17-14(13-6-5-10-16-11-13)15(18-4-2)12-7-8-12/h5-6,10-12,14-15,17H,3-4,7-9H2,1-2H3. The van der Waals surface area contributed by atoms with Gasteiger partial charge >= 0.3 is 0 Å². The summed E-state index contributed by atoms with van der Waals surface area (Å²) in [5, 5.41) is 3.63. The summed E-state index contributed by atoms with van der Waals surface area (Å²) in [6.07, 6.45) is 7.82. The minimum atomic E-state index is 0.283. The molecule has 0 saturated heterocycles. The molecule has 18 heavy (non-hydrogen) atoms. The summed E-state index contributed by atoms with van der Waals surface area (Å²) >= 11 is 0. The zero-order valence-corrected chi connectivity index (χ0v) is 11.4. The average Bonchev–Trinajstić information content (AvgIpc) is 3.23. The molecule has 0 spiro atoms. The van der Waals surface area contributed by atoms with E-state index < -0.39 is 0 Å². The lowest BCUT2D eigenvalue weighted by Gasteiger charge is -2.28. The number of nitrogens with zero attached hydrogens (tertiary/aromatic N) is 1. The Morgan fingerprint density at radius 1 is 1.44 bits per heavy atom. The molecule has 2 atom stereocenters. The molecule has 0 aromatic carbocycles. The van der Waals surface area contributed by atoms with Crippen LogP contribution in [0.15, 0.2) is 24.5 Å². The zero-order chi connectivity index (χ0) is 12.8. The van der Waals surface area contributed by atoms with Gasteiger partial charge in [-0.25, -0.2) is 0 Å². The van der Waals surface area contributed by atoms with E-state index in [0.29, 0.717) is 6.10 Å². The molecule has 0 aliphatic heterocycles. The predicted octanol–water partition coefficient (Wildman–Crippen LogP) is 2.94. The van der Waals surface area contributed by atoms with Gasteiger partial charge in [-0.3, -0.25) is 4.98 Å². The van der Waals surface area contributed by atoms with Crippen molar-refractivity contribution in [2.75, 3.05) is 13.2 Å². The van der Waals surface area contributed by atoms with E-state index in [4.69, 9.17) is 4.74 Å². The molecule has 1 saturated carbocycles. The van der Waals surface area contributed by atoms with Crippen LogP contribution in [0.3, 0.4) is 0 Å². The van der Waals surface area contributed by atoms with E-state index in [0.717, 1.165) is 25.5 Å². The summed E-state index contributed by atoms with van der Waals surface area (Å²) in [4.78, 5) is 4.24. The third-order valence-corrected chi connectivity index (χ3v) is 3.43. The van der Waals surface area contributed by atoms with E-state index in [1.165, 1.54) is 18.4 Å². The fourth-order valence-electron chi connectivity index (χ4n) is 2.41. The van der Waals surface area contributed by atoms with Crippen LogP contribution in [-0.4, -0.2) is 24.2 Å². The molecule has 1 aromatic heterocycles. The third-order valence-electron chi connectivity index (χ3n) is 3.43. The van der Waals surface area contributed by atoms with Crippen LogP contribution in [0.1, 0.15) is 44.7 Å². The van der Waals surface area contributed by atoms with E-state index in [2.05, 4.69) is 30.2 Å². The van der Waals surface area contributed by atoms with Crippen molar-refractivity contribution in [1.82, 2.24) is 10.3 Å². The maximum Gasteiger partial charge on any atom is 0.0798 e. The van der Waals surface area contributed by atoms with Gasteiger partial charge < -0.3 is 10.1 Å². The Morgan fingerprint density at radius 2 is 2.28 bits per heavy atom. The monoisotopic (exact) mass is 248 g/mol. The van der Waals surface area contributed by atoms with Gasteiger partial charge in [-0.1, -0.05) is 13.0 Å². The first-order valence-electron chi connectivity index (χ1n) is 7.11. The lowest BCUT2D eigenvalue weighted by Crippen LogP contribution is -2.36. The van der Waals surface area contributed by atoms with Gasteiger partial charge in [0.2, 0.25) is 0 Å². The van der Waals surface area contributed by atoms with Gasteiger partial charge in [-0.2, -0.15) is 0 Å². The van der Waals surface area contributed by atoms with Crippen molar-refractivity contribution < 1.29 is 4.74 Å². The topological polar surface area (TPSA) is 34.2 Å². The molecule has 1 N–H and O–H groups in total. The smallest absolute Gasteiger partial charge is 0.0798 e. The Kier molecular flexibility index (Phi) is 5.14. The molecule has 1 aromatic rings. The summed E-state index contributed by atoms with van der Waals surface area (Å²) in [7, 11) is 0. The van der Waals surface area contributed by atoms with Crippen molar-refractivity contribution in [3.05, 3.63) is 30.1 Å². The Hall–Kier alpha value is -0.930. The molecule has 1 aliphatic rings. The van der Waals surface area contributed by atoms with Crippen molar-refractivity contribution in [1.29, 1.82) is 0 Å². The highest BCUT2D eigenvalue weighted by molar-refractivity contribution is 5.17. The number of hydrogen-bond donors (Lipinski definition) is 1. The molecule has 2 unspecified atom stereocenters. The fourth-order valence-corrected chi connectivity index (χ4v) is 2.41. The number of pyridine rings is 1. The molecular weight excluding hydrogens is 224 g/mol. The molecule has 0 amide bonds. The number of hydrogen-bond acceptors (Lipinski definition) is 3. The second-order valence-corrected chi connectivity index (χ2v) is 4.98. The van der Waals surface area contributed by atoms with E-state index in [1.807, 2.05) is 18.5 Å². The molecule has 0 bridgehead atoms. The maximum atomic E-state index is 5.99. The van der Waals surface area contributed by atoms with E-state index in [-0.39, 0.29) is 6.04 Å². The lowest BCUT2D eigenvalue weighted by molar-refractivity contribution is 0.0185. The van der Waals surface area contributed by atoms with Gasteiger partial charge in [0.25, 0.3) is 0 Å². The molecule has 1 heterocycles. The maximum absolute atomic E-state index is 5.99. The quantitative estimate of drug-likeness (QED) is 0.768. The van der Waals surface area contributed by atoms with Gasteiger partial charge in [-0.05, 0) is 50.3 Å². The van der Waals surface area contributed by atoms with Crippen LogP contribution >= 0.6 is 0 Å². The molecule has 3 heteroatoms. The Balaban J connectivity index is 2.12. The molecule has 1 fully saturated rings. The van der Waals surface area contributed by atoms with Crippen LogP contribution in [-0.2, 0) is 4.74 Å². The summed E-state index contributed by atoms with van der Waals surface area (Å²) in [5.41, 5.74) is 1.25. The number of aromatic nitrogens is 1. The van der Waals surface area contributed by atoms with E-state index in [1.54, 1.807) is 0 Å². The molecule has 0 radical (unpaired) electrons. The lowest BCUT2D eigenvalue weighted by atomic mass is 9.99. The number of nitrogens with one attached hydrogen (secondary N) is 1. The first kappa shape index (κ1) is 13.5. The number of rotatable bonds is 8. The summed E-state index contributed by atoms with van der Waals surface area (Å²) in [6.45, 7) is 6.08. The van der Waals surface area contributed by atoms with Crippen LogP contribution in [0.25, 0.3) is 0 Å². The molecule has 3 nitrogen and oxygen atoms in total. The second kappa shape index (κ2) is 6.86. The van der Waals surface area contributed by atoms with Gasteiger partial charge in [-0.15, -0.1) is 0 Å². The van der Waals surface area contributed by atoms with Gasteiger partial charge in [0, 0.05) is 19.0 Å². The molecular formula is C15H24N2O. The van der Waals surface area contributed by atoms with Crippen molar-refractivity contribution in [2.45, 2.75) is 45.3 Å². The Labute approximate surface area is 110 Å². The van der Waals surface area contributed by atoms with E-state index >= 15 is 0 Å². The molecule has 100 valence electrons. The van der Waals surface area contributed by atoms with Crippen molar-refractivity contribution in [2.24, 2.45) is 5.92 Å². The minimum absolute atomic E-state index is 0.283. The van der Waals surface area contributed by atoms with Gasteiger partial charge in [0.1, 0.15) is 0 Å². The van der Waals surface area contributed by atoms with Crippen LogP contribution in [0, 0.1) is 5.92 Å². The molecule has 2 rings (SSSR count). The minimum Gasteiger partial charge on any atom is -0.376 e. The van der Waals surface area contributed by atoms with E-state index in [9.17, 15) is 0 Å². The average molecular weight is 248 g/mol. The Bertz CT molecular complexity index is 338. The first-order valence-corrected chi connectivity index (χ1v) is 7.11. The normalized spacial score (nSPS) is 18.6. The first-order chi connectivity index (χ1) is 8.86. The highest BCUT2D eigenvalue weighted by Crippen LogP contribution is 2.39. The van der Waals surface area contributed by atoms with Crippen molar-refractivity contribution in [3.8, 4) is 0 Å².